The molecule has 0 spiro atoms. The number of nitrogens with one attached hydrogen (secondary N) is 3. The number of carbonyl (C=O) groups excluding carboxylic acids is 7. The van der Waals surface area contributed by atoms with Crippen molar-refractivity contribution in [3.05, 3.63) is 130 Å². The van der Waals surface area contributed by atoms with Crippen molar-refractivity contribution in [3.63, 3.8) is 0 Å². The molecule has 0 radical (unpaired) electrons. The van der Waals surface area contributed by atoms with Crippen LogP contribution in [0.25, 0.3) is 11.1 Å². The largest absolute Gasteiger partial charge is 0.382 e. The first kappa shape index (κ1) is 53.5. The molecule has 2 aliphatic heterocycles. The van der Waals surface area contributed by atoms with Crippen molar-refractivity contribution in [2.75, 3.05) is 87.9 Å². The van der Waals surface area contributed by atoms with Crippen LogP contribution in [0.3, 0.4) is 0 Å². The lowest BCUT2D eigenvalue weighted by atomic mass is 9.88. The van der Waals surface area contributed by atoms with Crippen LogP contribution in [-0.4, -0.2) is 140 Å². The number of benzene rings is 4. The van der Waals surface area contributed by atoms with Gasteiger partial charge in [0.15, 0.2) is 5.13 Å². The molecule has 2 unspecified atom stereocenters. The number of amides is 7. The summed E-state index contributed by atoms with van der Waals surface area (Å²) in [4.78, 5) is 99.5. The lowest BCUT2D eigenvalue weighted by Gasteiger charge is -2.38. The maximum atomic E-state index is 13.5. The molecule has 7 rings (SSSR count). The molecule has 2 fully saturated rings. The van der Waals surface area contributed by atoms with E-state index < -0.39 is 29.3 Å². The number of imide groups is 2. The summed E-state index contributed by atoms with van der Waals surface area (Å²) in [5.74, 6) is -2.04. The highest BCUT2D eigenvalue weighted by Gasteiger charge is 2.46. The van der Waals surface area contributed by atoms with Crippen LogP contribution in [-0.2, 0) is 49.5 Å². The highest BCUT2D eigenvalue weighted by Crippen LogP contribution is 2.31. The van der Waals surface area contributed by atoms with Crippen molar-refractivity contribution in [3.8, 4) is 11.1 Å². The van der Waals surface area contributed by atoms with Gasteiger partial charge in [0.2, 0.25) is 24.6 Å². The van der Waals surface area contributed by atoms with Crippen molar-refractivity contribution in [1.29, 1.82) is 0 Å². The Hall–Kier alpha value is -7.32. The fourth-order valence-electron chi connectivity index (χ4n) is 8.82. The van der Waals surface area contributed by atoms with Crippen LogP contribution in [0, 0.1) is 13.8 Å². The first-order valence-electron chi connectivity index (χ1n) is 24.3. The minimum Gasteiger partial charge on any atom is -0.382 e. The fraction of sp³-hybridized carbons (Fsp3) is 0.370. The lowest BCUT2D eigenvalue weighted by Crippen LogP contribution is -2.62. The van der Waals surface area contributed by atoms with E-state index in [1.807, 2.05) is 54.3 Å². The third kappa shape index (κ3) is 13.8. The number of piperidine rings is 1. The highest BCUT2D eigenvalue weighted by molar-refractivity contribution is 7.13. The van der Waals surface area contributed by atoms with Gasteiger partial charge in [-0.05, 0) is 84.8 Å². The molecule has 3 N–H and O–H groups in total. The number of ether oxygens (including phenoxy) is 3. The number of thiazole rings is 1. The van der Waals surface area contributed by atoms with Crippen LogP contribution >= 0.6 is 11.3 Å². The van der Waals surface area contributed by atoms with Gasteiger partial charge in [-0.25, -0.2) is 4.98 Å². The van der Waals surface area contributed by atoms with E-state index in [9.17, 15) is 33.6 Å². The number of rotatable bonds is 25. The van der Waals surface area contributed by atoms with E-state index in [2.05, 4.69) is 56.2 Å². The van der Waals surface area contributed by atoms with Crippen molar-refractivity contribution >= 4 is 70.2 Å². The Morgan fingerprint density at radius 2 is 1.53 bits per heavy atom. The SMILES string of the molecule is Cc1cc(-c2ccc(N3CCN(C(=O)CCOCCOCCOCCNc4cccc(C(=O)N(C=O)C5(C)CCC(=O)NC5=O)c4C)CC3)cc2)ccc1CN(C=O)C(C(=O)Nc1nccs1)c1ccccc1. The fourth-order valence-corrected chi connectivity index (χ4v) is 9.36. The number of hydrogen-bond acceptors (Lipinski definition) is 14. The van der Waals surface area contributed by atoms with Crippen molar-refractivity contribution in [2.45, 2.75) is 58.2 Å². The minimum atomic E-state index is -1.48. The zero-order valence-corrected chi connectivity index (χ0v) is 42.2. The minimum absolute atomic E-state index is 0.0227. The molecular formula is C54H62N8O10S. The third-order valence-electron chi connectivity index (χ3n) is 13.2. The number of aryl methyl sites for hydroxylation is 1. The van der Waals surface area contributed by atoms with Crippen molar-refractivity contribution in [2.24, 2.45) is 0 Å². The molecule has 0 saturated carbocycles. The van der Waals surface area contributed by atoms with Gasteiger partial charge >= 0.3 is 0 Å². The Kier molecular flexibility index (Phi) is 19.0. The third-order valence-corrected chi connectivity index (χ3v) is 13.8. The van der Waals surface area contributed by atoms with Gasteiger partial charge in [-0.15, -0.1) is 11.3 Å². The Labute approximate surface area is 429 Å². The van der Waals surface area contributed by atoms with E-state index in [0.717, 1.165) is 39.3 Å². The van der Waals surface area contributed by atoms with E-state index in [4.69, 9.17) is 14.2 Å². The van der Waals surface area contributed by atoms with Gasteiger partial charge in [-0.1, -0.05) is 66.7 Å². The van der Waals surface area contributed by atoms with Crippen LogP contribution in [0.1, 0.15) is 64.8 Å². The summed E-state index contributed by atoms with van der Waals surface area (Å²) in [5.41, 5.74) is 5.86. The van der Waals surface area contributed by atoms with Gasteiger partial charge < -0.3 is 34.2 Å². The average Bonchev–Trinajstić information content (AvgIpc) is 3.92. The topological polar surface area (TPSA) is 209 Å². The molecule has 1 aromatic heterocycles. The molecule has 73 heavy (non-hydrogen) atoms. The normalized spacial score (nSPS) is 16.0. The van der Waals surface area contributed by atoms with Gasteiger partial charge in [-0.2, -0.15) is 0 Å². The maximum Gasteiger partial charge on any atom is 0.261 e. The number of piperazine rings is 1. The summed E-state index contributed by atoms with van der Waals surface area (Å²) in [5, 5.41) is 10.6. The van der Waals surface area contributed by atoms with E-state index in [-0.39, 0.29) is 43.2 Å². The van der Waals surface area contributed by atoms with Crippen molar-refractivity contribution in [1.82, 2.24) is 25.0 Å². The van der Waals surface area contributed by atoms with Gasteiger partial charge in [0, 0.05) is 74.2 Å². The number of hydrogen-bond donors (Lipinski definition) is 3. The van der Waals surface area contributed by atoms with E-state index in [1.165, 1.54) is 23.2 Å². The second-order valence-electron chi connectivity index (χ2n) is 17.9. The molecule has 0 bridgehead atoms. The molecule has 2 atom stereocenters. The molecule has 4 aromatic carbocycles. The quantitative estimate of drug-likeness (QED) is 0.0362. The molecule has 7 amide bonds. The van der Waals surface area contributed by atoms with Gasteiger partial charge in [0.05, 0.1) is 46.1 Å². The molecule has 2 saturated heterocycles. The summed E-state index contributed by atoms with van der Waals surface area (Å²) in [6.45, 7) is 10.7. The highest BCUT2D eigenvalue weighted by atomic mass is 32.1. The predicted octanol–water partition coefficient (Wildman–Crippen LogP) is 5.76. The van der Waals surface area contributed by atoms with Crippen LogP contribution in [0.4, 0.5) is 16.5 Å². The Morgan fingerprint density at radius 1 is 0.836 bits per heavy atom. The van der Waals surface area contributed by atoms with Crippen LogP contribution < -0.4 is 20.9 Å². The first-order valence-corrected chi connectivity index (χ1v) is 25.2. The average molecular weight is 1020 g/mol. The van der Waals surface area contributed by atoms with E-state index in [1.54, 1.807) is 36.7 Å². The lowest BCUT2D eigenvalue weighted by molar-refractivity contribution is -0.145. The summed E-state index contributed by atoms with van der Waals surface area (Å²) >= 11 is 1.32. The van der Waals surface area contributed by atoms with E-state index >= 15 is 0 Å². The number of anilines is 3. The maximum absolute atomic E-state index is 13.5. The molecule has 0 aliphatic carbocycles. The van der Waals surface area contributed by atoms with Gasteiger partial charge in [0.25, 0.3) is 17.7 Å². The second kappa shape index (κ2) is 25.9. The summed E-state index contributed by atoms with van der Waals surface area (Å²) in [6, 6.07) is 28.0. The Balaban J connectivity index is 0.757. The predicted molar refractivity (Wildman–Crippen MR) is 277 cm³/mol. The summed E-state index contributed by atoms with van der Waals surface area (Å²) in [7, 11) is 0. The summed E-state index contributed by atoms with van der Waals surface area (Å²) < 4.78 is 17.0. The van der Waals surface area contributed by atoms with Crippen LogP contribution in [0.5, 0.6) is 0 Å². The molecule has 19 heteroatoms. The Morgan fingerprint density at radius 3 is 2.19 bits per heavy atom. The number of carbonyl (C=O) groups is 7. The van der Waals surface area contributed by atoms with Crippen molar-refractivity contribution < 1.29 is 47.8 Å². The molecule has 2 aliphatic rings. The molecule has 18 nitrogen and oxygen atoms in total. The van der Waals surface area contributed by atoms with Gasteiger partial charge in [0.1, 0.15) is 11.6 Å². The molecule has 5 aromatic rings. The zero-order chi connectivity index (χ0) is 51.7. The van der Waals surface area contributed by atoms with Crippen LogP contribution in [0.2, 0.25) is 0 Å². The molecule has 384 valence electrons. The zero-order valence-electron chi connectivity index (χ0n) is 41.4. The standard InChI is InChI=1S/C54H62N8O10S/c1-38-34-42(12-13-43(38)35-61(36-63)49(41-8-5-4-6-9-41)50(67)58-53-56-22-33-73-53)40-14-16-44(17-15-40)59-23-25-60(26-24-59)48(66)19-27-70-29-31-72-32-30-71-28-21-55-46-11-7-10-45(39(46)2)51(68)62(37-64)54(3)20-18-47(65)57-52(54)69/h4-17,22,33-34,36-37,49,55H,18-21,23-32,35H2,1-3H3,(H,56,58,67)(H,57,65,69). The monoisotopic (exact) mass is 1010 g/mol. The smallest absolute Gasteiger partial charge is 0.261 e. The van der Waals surface area contributed by atoms with E-state index in [0.29, 0.717) is 101 Å². The van der Waals surface area contributed by atoms with Gasteiger partial charge in [-0.3, -0.25) is 49.1 Å². The second-order valence-corrected chi connectivity index (χ2v) is 18.8. The number of nitrogens with zero attached hydrogens (tertiary/aromatic N) is 5. The Bertz CT molecular complexity index is 2700. The number of aromatic nitrogens is 1. The molecular weight excluding hydrogens is 953 g/mol. The summed E-state index contributed by atoms with van der Waals surface area (Å²) in [6.07, 6.45) is 3.03. The molecule has 3 heterocycles. The van der Waals surface area contributed by atoms with Crippen LogP contribution in [0.15, 0.2) is 103 Å². The first-order chi connectivity index (χ1) is 35.4.